The molecule has 0 saturated heterocycles. The van der Waals surface area contributed by atoms with Crippen LogP contribution in [0, 0.1) is 13.8 Å². The third kappa shape index (κ3) is 3.12. The number of hydrogen-bond donors (Lipinski definition) is 2. The van der Waals surface area contributed by atoms with Crippen molar-refractivity contribution in [1.82, 2.24) is 4.72 Å². The third-order valence-corrected chi connectivity index (χ3v) is 5.56. The molecule has 2 N–H and O–H groups in total. The van der Waals surface area contributed by atoms with Gasteiger partial charge in [0.2, 0.25) is 10.0 Å². The van der Waals surface area contributed by atoms with E-state index in [4.69, 9.17) is 9.52 Å². The summed E-state index contributed by atoms with van der Waals surface area (Å²) in [4.78, 5) is 0.796. The van der Waals surface area contributed by atoms with Crippen molar-refractivity contribution in [2.24, 2.45) is 0 Å². The maximum atomic E-state index is 12.2. The first-order chi connectivity index (χ1) is 9.33. The second-order valence-electron chi connectivity index (χ2n) is 4.62. The molecular weight excluding hydrogens is 298 g/mol. The lowest BCUT2D eigenvalue weighted by molar-refractivity contribution is 0.285. The zero-order chi connectivity index (χ0) is 14.9. The molecule has 2 aromatic rings. The normalized spacial score (nSPS) is 13.6. The molecule has 0 saturated carbocycles. The summed E-state index contributed by atoms with van der Waals surface area (Å²) in [5, 5.41) is 10.5. The van der Waals surface area contributed by atoms with Gasteiger partial charge >= 0.3 is 0 Å². The summed E-state index contributed by atoms with van der Waals surface area (Å²) in [5.41, 5.74) is 0.823. The van der Waals surface area contributed by atoms with Crippen LogP contribution in [0.25, 0.3) is 0 Å². The van der Waals surface area contributed by atoms with Gasteiger partial charge in [-0.25, -0.2) is 13.1 Å². The highest BCUT2D eigenvalue weighted by atomic mass is 32.2. The number of sulfonamides is 1. The Bertz CT molecular complexity index is 700. The highest BCUT2D eigenvalue weighted by Gasteiger charge is 2.22. The van der Waals surface area contributed by atoms with E-state index < -0.39 is 10.0 Å². The van der Waals surface area contributed by atoms with Crippen molar-refractivity contribution in [1.29, 1.82) is 0 Å². The molecule has 0 amide bonds. The van der Waals surface area contributed by atoms with Crippen LogP contribution in [0.15, 0.2) is 26.8 Å². The minimum Gasteiger partial charge on any atom is -0.466 e. The van der Waals surface area contributed by atoms with Crippen LogP contribution in [0.1, 0.15) is 34.9 Å². The van der Waals surface area contributed by atoms with Gasteiger partial charge in [0.1, 0.15) is 11.5 Å². The fraction of sp³-hybridized carbons (Fsp3) is 0.385. The van der Waals surface area contributed by atoms with Crippen molar-refractivity contribution >= 4 is 21.4 Å². The van der Waals surface area contributed by atoms with Crippen LogP contribution in [0.3, 0.4) is 0 Å². The first-order valence-electron chi connectivity index (χ1n) is 6.11. The molecule has 0 spiro atoms. The van der Waals surface area contributed by atoms with Crippen LogP contribution in [-0.2, 0) is 16.6 Å². The second kappa shape index (κ2) is 5.69. The van der Waals surface area contributed by atoms with E-state index in [1.165, 1.54) is 22.8 Å². The second-order valence-corrected chi connectivity index (χ2v) is 7.33. The van der Waals surface area contributed by atoms with Crippen LogP contribution >= 0.6 is 11.3 Å². The van der Waals surface area contributed by atoms with Gasteiger partial charge in [-0.05, 0) is 32.9 Å². The van der Waals surface area contributed by atoms with E-state index in [-0.39, 0.29) is 17.5 Å². The molecule has 7 heteroatoms. The van der Waals surface area contributed by atoms with E-state index >= 15 is 0 Å². The molecule has 1 unspecified atom stereocenters. The molecule has 20 heavy (non-hydrogen) atoms. The molecule has 0 radical (unpaired) electrons. The number of furan rings is 1. The fourth-order valence-corrected chi connectivity index (χ4v) is 4.39. The Morgan fingerprint density at radius 3 is 2.60 bits per heavy atom. The largest absolute Gasteiger partial charge is 0.466 e. The number of nitrogens with one attached hydrogen (secondary N) is 1. The quantitative estimate of drug-likeness (QED) is 0.888. The van der Waals surface area contributed by atoms with Crippen LogP contribution in [0.2, 0.25) is 0 Å². The lowest BCUT2D eigenvalue weighted by atomic mass is 10.1. The lowest BCUT2D eigenvalue weighted by Gasteiger charge is -2.12. The summed E-state index contributed by atoms with van der Waals surface area (Å²) in [6.45, 7) is 5.25. The maximum absolute atomic E-state index is 12.2. The van der Waals surface area contributed by atoms with Crippen molar-refractivity contribution < 1.29 is 17.9 Å². The zero-order valence-corrected chi connectivity index (χ0v) is 13.1. The number of aliphatic hydroxyl groups is 1. The molecule has 0 bridgehead atoms. The minimum atomic E-state index is -3.60. The summed E-state index contributed by atoms with van der Waals surface area (Å²) < 4.78 is 32.5. The molecule has 0 aromatic carbocycles. The fourth-order valence-electron chi connectivity index (χ4n) is 2.03. The first-order valence-corrected chi connectivity index (χ1v) is 8.47. The van der Waals surface area contributed by atoms with Crippen molar-refractivity contribution in [3.05, 3.63) is 39.5 Å². The van der Waals surface area contributed by atoms with Gasteiger partial charge < -0.3 is 9.52 Å². The lowest BCUT2D eigenvalue weighted by Crippen LogP contribution is -2.26. The summed E-state index contributed by atoms with van der Waals surface area (Å²) in [5.74, 6) is 1.46. The number of hydrogen-bond acceptors (Lipinski definition) is 5. The average molecular weight is 315 g/mol. The summed E-state index contributed by atoms with van der Waals surface area (Å²) in [7, 11) is -3.60. The number of aliphatic hydroxyl groups excluding tert-OH is 1. The number of rotatable bonds is 5. The molecule has 0 fully saturated rings. The van der Waals surface area contributed by atoms with E-state index in [1.807, 2.05) is 19.9 Å². The van der Waals surface area contributed by atoms with Gasteiger partial charge in [0, 0.05) is 21.9 Å². The molecule has 1 atom stereocenters. The molecule has 2 heterocycles. The highest BCUT2D eigenvalue weighted by Crippen LogP contribution is 2.25. The number of aryl methyl sites for hydroxylation is 2. The van der Waals surface area contributed by atoms with E-state index in [2.05, 4.69) is 4.72 Å². The van der Waals surface area contributed by atoms with Gasteiger partial charge in [-0.3, -0.25) is 0 Å². The standard InChI is InChI=1S/C13H17NO4S2/c1-8-4-13(10(3)18-8)9(2)14-20(16,17)12-5-11(6-15)19-7-12/h4-5,7,9,14-15H,6H2,1-3H3. The predicted octanol–water partition coefficient (Wildman–Crippen LogP) is 2.49. The van der Waals surface area contributed by atoms with E-state index in [9.17, 15) is 8.42 Å². The topological polar surface area (TPSA) is 79.5 Å². The van der Waals surface area contributed by atoms with Gasteiger partial charge in [-0.15, -0.1) is 11.3 Å². The molecule has 0 aliphatic rings. The molecule has 2 aromatic heterocycles. The van der Waals surface area contributed by atoms with Gasteiger partial charge in [0.25, 0.3) is 0 Å². The van der Waals surface area contributed by atoms with Crippen LogP contribution < -0.4 is 4.72 Å². The first kappa shape index (κ1) is 15.2. The smallest absolute Gasteiger partial charge is 0.241 e. The van der Waals surface area contributed by atoms with Crippen molar-refractivity contribution in [3.63, 3.8) is 0 Å². The highest BCUT2D eigenvalue weighted by molar-refractivity contribution is 7.89. The van der Waals surface area contributed by atoms with Gasteiger partial charge in [-0.2, -0.15) is 0 Å². The van der Waals surface area contributed by atoms with Gasteiger partial charge in [0.05, 0.1) is 11.5 Å². The molecular formula is C13H17NO4S2. The Hall–Kier alpha value is -1.15. The maximum Gasteiger partial charge on any atom is 0.241 e. The minimum absolute atomic E-state index is 0.157. The zero-order valence-electron chi connectivity index (χ0n) is 11.5. The summed E-state index contributed by atoms with van der Waals surface area (Å²) in [6.07, 6.45) is 0. The monoisotopic (exact) mass is 315 g/mol. The summed E-state index contributed by atoms with van der Waals surface area (Å²) >= 11 is 1.22. The van der Waals surface area contributed by atoms with Crippen LogP contribution in [0.5, 0.6) is 0 Å². The molecule has 0 aliphatic carbocycles. The van der Waals surface area contributed by atoms with Crippen LogP contribution in [0.4, 0.5) is 0 Å². The molecule has 0 aliphatic heterocycles. The van der Waals surface area contributed by atoms with E-state index in [1.54, 1.807) is 6.92 Å². The van der Waals surface area contributed by atoms with Crippen molar-refractivity contribution in [2.45, 2.75) is 38.3 Å². The van der Waals surface area contributed by atoms with Crippen molar-refractivity contribution in [3.8, 4) is 0 Å². The number of thiophene rings is 1. The molecule has 5 nitrogen and oxygen atoms in total. The van der Waals surface area contributed by atoms with Crippen LogP contribution in [-0.4, -0.2) is 13.5 Å². The Balaban J connectivity index is 2.21. The van der Waals surface area contributed by atoms with Gasteiger partial charge in [0.15, 0.2) is 0 Å². The van der Waals surface area contributed by atoms with E-state index in [0.717, 1.165) is 11.3 Å². The Morgan fingerprint density at radius 1 is 1.40 bits per heavy atom. The van der Waals surface area contributed by atoms with E-state index in [0.29, 0.717) is 10.6 Å². The predicted molar refractivity (Wildman–Crippen MR) is 77.2 cm³/mol. The molecule has 110 valence electrons. The Morgan fingerprint density at radius 2 is 2.10 bits per heavy atom. The van der Waals surface area contributed by atoms with Gasteiger partial charge in [-0.1, -0.05) is 0 Å². The third-order valence-electron chi connectivity index (χ3n) is 2.97. The Kier molecular flexibility index (Phi) is 4.33. The van der Waals surface area contributed by atoms with Crippen molar-refractivity contribution in [2.75, 3.05) is 0 Å². The summed E-state index contributed by atoms with van der Waals surface area (Å²) in [6, 6.07) is 2.93. The SMILES string of the molecule is Cc1cc(C(C)NS(=O)(=O)c2csc(CO)c2)c(C)o1. The Labute approximate surface area is 122 Å². The average Bonchev–Trinajstić information content (AvgIpc) is 2.95. The molecule has 2 rings (SSSR count).